The van der Waals surface area contributed by atoms with Gasteiger partial charge < -0.3 is 24.6 Å². The van der Waals surface area contributed by atoms with E-state index in [-0.39, 0.29) is 176 Å². The van der Waals surface area contributed by atoms with Gasteiger partial charge in [0.15, 0.2) is 0 Å². The van der Waals surface area contributed by atoms with Crippen LogP contribution < -0.4 is 24.6 Å². The van der Waals surface area contributed by atoms with Gasteiger partial charge in [0, 0.05) is 151 Å². The molecule has 0 aliphatic rings. The molecule has 4 nitrogen and oxygen atoms in total. The van der Waals surface area contributed by atoms with Crippen molar-refractivity contribution in [1.82, 2.24) is 24.6 Å². The molecule has 11 heavy (non-hydrogen) atoms. The second-order valence-corrected chi connectivity index (χ2v) is 0. The van der Waals surface area contributed by atoms with E-state index in [2.05, 4.69) is 0 Å². The van der Waals surface area contributed by atoms with Crippen molar-refractivity contribution in [3.63, 3.8) is 0 Å². The first-order valence-corrected chi connectivity index (χ1v) is 0. The van der Waals surface area contributed by atoms with Gasteiger partial charge in [0.2, 0.25) is 0 Å². The fourth-order valence-electron chi connectivity index (χ4n) is 0. The summed E-state index contributed by atoms with van der Waals surface area (Å²) in [6.45, 7) is 0. The molecule has 0 atom stereocenters. The van der Waals surface area contributed by atoms with Crippen molar-refractivity contribution in [1.29, 1.82) is 0 Å². The SMILES string of the molecule is N.N.N.N.[Pt].[Ti].[Ti].[Ti].[Ti].[Ti].[Ti]. The summed E-state index contributed by atoms with van der Waals surface area (Å²) < 4.78 is 0. The van der Waals surface area contributed by atoms with Crippen LogP contribution in [0.1, 0.15) is 0 Å². The minimum Gasteiger partial charge on any atom is -0.344 e. The van der Waals surface area contributed by atoms with Crippen LogP contribution in [0.2, 0.25) is 0 Å². The van der Waals surface area contributed by atoms with E-state index in [0.717, 1.165) is 0 Å². The topological polar surface area (TPSA) is 140 Å². The summed E-state index contributed by atoms with van der Waals surface area (Å²) in [5.74, 6) is 0. The Labute approximate surface area is 172 Å². The third kappa shape index (κ3) is 105. The first-order valence-electron chi connectivity index (χ1n) is 0. The van der Waals surface area contributed by atoms with Gasteiger partial charge in [-0.1, -0.05) is 0 Å². The first kappa shape index (κ1) is 150. The molecule has 0 spiro atoms. The zero-order valence-electron chi connectivity index (χ0n) is 6.14. The standard InChI is InChI=1S/4H3N.Pt.6Ti/h4*1H3;;;;;;;. The molecule has 0 saturated heterocycles. The van der Waals surface area contributed by atoms with E-state index in [1.165, 1.54) is 0 Å². The molecule has 0 saturated carbocycles. The van der Waals surface area contributed by atoms with Gasteiger partial charge in [-0.15, -0.1) is 0 Å². The van der Waals surface area contributed by atoms with Gasteiger partial charge in [-0.25, -0.2) is 0 Å². The van der Waals surface area contributed by atoms with Gasteiger partial charge in [-0.3, -0.25) is 0 Å². The van der Waals surface area contributed by atoms with E-state index in [1.807, 2.05) is 0 Å². The van der Waals surface area contributed by atoms with Gasteiger partial charge in [0.05, 0.1) is 0 Å². The van der Waals surface area contributed by atoms with Crippen molar-refractivity contribution in [2.75, 3.05) is 0 Å². The second kappa shape index (κ2) is 122. The number of rotatable bonds is 0. The van der Waals surface area contributed by atoms with Gasteiger partial charge in [0.1, 0.15) is 0 Å². The maximum absolute atomic E-state index is 0. The molecule has 66 valence electrons. The molecular weight excluding hydrogens is 538 g/mol. The summed E-state index contributed by atoms with van der Waals surface area (Å²) in [6, 6.07) is 0. The number of hydrogen-bond acceptors (Lipinski definition) is 4. The van der Waals surface area contributed by atoms with E-state index >= 15 is 0 Å². The van der Waals surface area contributed by atoms with E-state index in [0.29, 0.717) is 0 Å². The Morgan fingerprint density at radius 2 is 0.273 bits per heavy atom. The van der Waals surface area contributed by atoms with Gasteiger partial charge >= 0.3 is 0 Å². The Hall–Kier alpha value is 4.81. The van der Waals surface area contributed by atoms with Crippen LogP contribution in [0.5, 0.6) is 0 Å². The van der Waals surface area contributed by atoms with E-state index in [9.17, 15) is 0 Å². The molecule has 0 radical (unpaired) electrons. The zero-order chi connectivity index (χ0) is 0. The van der Waals surface area contributed by atoms with Crippen LogP contribution in [-0.4, -0.2) is 0 Å². The predicted molar refractivity (Wildman–Crippen MR) is 20.1 cm³/mol. The fraction of sp³-hybridized carbons (Fsp3) is 0. The molecule has 0 aliphatic carbocycles. The summed E-state index contributed by atoms with van der Waals surface area (Å²) in [4.78, 5) is 0. The maximum atomic E-state index is 0. The summed E-state index contributed by atoms with van der Waals surface area (Å²) in [7, 11) is 0. The van der Waals surface area contributed by atoms with Crippen molar-refractivity contribution in [3.8, 4) is 0 Å². The van der Waals surface area contributed by atoms with Crippen LogP contribution in [-0.2, 0) is 151 Å². The van der Waals surface area contributed by atoms with Crippen LogP contribution in [0.25, 0.3) is 0 Å². The summed E-state index contributed by atoms with van der Waals surface area (Å²) in [5, 5.41) is 0. The average molecular weight is 550 g/mol. The minimum absolute atomic E-state index is 0. The molecule has 0 aromatic heterocycles. The van der Waals surface area contributed by atoms with Gasteiger partial charge in [0.25, 0.3) is 0 Å². The monoisotopic (exact) mass is 551 g/mol. The van der Waals surface area contributed by atoms with Crippen molar-refractivity contribution in [3.05, 3.63) is 0 Å². The van der Waals surface area contributed by atoms with Crippen molar-refractivity contribution in [2.45, 2.75) is 0 Å². The Morgan fingerprint density at radius 3 is 0.273 bits per heavy atom. The molecule has 0 fully saturated rings. The largest absolute Gasteiger partial charge is 0.344 e. The molecule has 0 unspecified atom stereocenters. The van der Waals surface area contributed by atoms with Crippen LogP contribution in [0.15, 0.2) is 0 Å². The molecular formula is H12N4PtTi6. The van der Waals surface area contributed by atoms with Crippen LogP contribution in [0.3, 0.4) is 0 Å². The molecule has 0 aromatic rings. The molecule has 12 N–H and O–H groups in total. The van der Waals surface area contributed by atoms with E-state index < -0.39 is 0 Å². The van der Waals surface area contributed by atoms with Crippen molar-refractivity contribution in [2.24, 2.45) is 0 Å². The maximum Gasteiger partial charge on any atom is 0 e. The van der Waals surface area contributed by atoms with Crippen LogP contribution in [0, 0.1) is 0 Å². The Bertz CT molecular complexity index is 14.5. The summed E-state index contributed by atoms with van der Waals surface area (Å²) in [6.07, 6.45) is 0. The van der Waals surface area contributed by atoms with Crippen molar-refractivity contribution < 1.29 is 151 Å². The minimum atomic E-state index is 0. The Kier molecular flexibility index (Phi) is 1660. The third-order valence-electron chi connectivity index (χ3n) is 0. The van der Waals surface area contributed by atoms with Crippen LogP contribution >= 0.6 is 0 Å². The van der Waals surface area contributed by atoms with Crippen molar-refractivity contribution >= 4 is 0 Å². The summed E-state index contributed by atoms with van der Waals surface area (Å²) in [5.41, 5.74) is 0. The molecule has 0 aromatic carbocycles. The molecule has 11 heteroatoms. The van der Waals surface area contributed by atoms with E-state index in [4.69, 9.17) is 0 Å². The average Bonchev–Trinajstić information content (AvgIpc) is 0. The Morgan fingerprint density at radius 1 is 0.273 bits per heavy atom. The summed E-state index contributed by atoms with van der Waals surface area (Å²) >= 11 is 0. The zero-order valence-corrected chi connectivity index (χ0v) is 17.8. The fourth-order valence-corrected chi connectivity index (χ4v) is 0. The molecule has 0 rings (SSSR count). The van der Waals surface area contributed by atoms with E-state index in [1.54, 1.807) is 0 Å². The second-order valence-electron chi connectivity index (χ2n) is 0. The quantitative estimate of drug-likeness (QED) is 0.329. The Balaban J connectivity index is 0. The molecule has 0 heterocycles. The third-order valence-corrected chi connectivity index (χ3v) is 0. The van der Waals surface area contributed by atoms with Gasteiger partial charge in [-0.05, 0) is 0 Å². The smallest absolute Gasteiger partial charge is 0 e. The first-order chi connectivity index (χ1) is 0. The molecule has 0 amide bonds. The molecule has 0 bridgehead atoms. The predicted octanol–water partition coefficient (Wildman–Crippen LogP) is 0.630. The molecule has 0 aliphatic heterocycles. The number of hydrogen-bond donors (Lipinski definition) is 4. The normalized spacial score (nSPS) is 0. The van der Waals surface area contributed by atoms with Crippen LogP contribution in [0.4, 0.5) is 0 Å². The van der Waals surface area contributed by atoms with Gasteiger partial charge in [-0.2, -0.15) is 0 Å².